The lowest BCUT2D eigenvalue weighted by Crippen LogP contribution is -2.67. The third kappa shape index (κ3) is 7.29. The van der Waals surface area contributed by atoms with Crippen LogP contribution in [0.25, 0.3) is 33.4 Å². The van der Waals surface area contributed by atoms with Crippen molar-refractivity contribution in [3.8, 4) is 22.5 Å². The molecule has 5 aliphatic rings. The molecule has 60 heavy (non-hydrogen) atoms. The number of carbonyl (C=O) groups excluding carboxylic acids is 3. The van der Waals surface area contributed by atoms with E-state index in [1.54, 1.807) is 20.2 Å². The van der Waals surface area contributed by atoms with E-state index in [0.717, 1.165) is 39.0 Å². The summed E-state index contributed by atoms with van der Waals surface area (Å²) < 4.78 is 67.5. The molecule has 17 heteroatoms. The van der Waals surface area contributed by atoms with Gasteiger partial charge < -0.3 is 28.8 Å². The topological polar surface area (TPSA) is 146 Å². The number of hydrazine groups is 1. The minimum Gasteiger partial charge on any atom is -0.464 e. The normalized spacial score (nSPS) is 27.3. The number of nitrogens with one attached hydrogen (secondary N) is 2. The smallest absolute Gasteiger partial charge is 0.417 e. The number of thiazole rings is 1. The Hall–Kier alpha value is -4.42. The number of hydrogen-bond donors (Lipinski definition) is 2. The molecular weight excluding hydrogens is 802 g/mol. The molecule has 1 saturated carbocycles. The molecule has 1 aromatic carbocycles. The molecule has 2 amide bonds. The van der Waals surface area contributed by atoms with Crippen LogP contribution in [0.4, 0.5) is 13.2 Å². The Morgan fingerprint density at radius 2 is 1.97 bits per heavy atom. The van der Waals surface area contributed by atoms with Crippen LogP contribution in [0.5, 0.6) is 0 Å². The SMILES string of the molecule is CCO[C@@H]1c2nc(cs2)-c2ccc3c(c2)c(c(-c2cccnc2[C@H](C)OC)n3CC)CC(C)(C)COC(=O)[C@@H]2CCCN(N2)C(=O)[C@H]1NC(=O)C12CCC(C(F)(F)F)(C1)O2. The lowest BCUT2D eigenvalue weighted by Gasteiger charge is -2.47. The van der Waals surface area contributed by atoms with Gasteiger partial charge in [0, 0.05) is 72.2 Å². The van der Waals surface area contributed by atoms with Gasteiger partial charge in [-0.3, -0.25) is 24.4 Å². The zero-order chi connectivity index (χ0) is 42.8. The highest BCUT2D eigenvalue weighted by Gasteiger charge is 2.76. The van der Waals surface area contributed by atoms with E-state index in [-0.39, 0.29) is 38.7 Å². The number of methoxy groups -OCH3 is 1. The summed E-state index contributed by atoms with van der Waals surface area (Å²) in [7, 11) is 1.66. The zero-order valence-corrected chi connectivity index (χ0v) is 35.4. The van der Waals surface area contributed by atoms with Crippen molar-refractivity contribution in [3.05, 3.63) is 58.2 Å². The Morgan fingerprint density at radius 1 is 1.18 bits per heavy atom. The Bertz CT molecular complexity index is 2300. The van der Waals surface area contributed by atoms with Crippen molar-refractivity contribution >= 4 is 40.0 Å². The van der Waals surface area contributed by atoms with Crippen molar-refractivity contribution in [2.45, 2.75) is 121 Å². The molecule has 9 rings (SSSR count). The lowest BCUT2D eigenvalue weighted by molar-refractivity contribution is -0.341. The summed E-state index contributed by atoms with van der Waals surface area (Å²) in [5, 5.41) is 7.25. The number of nitrogens with zero attached hydrogens (tertiary/aromatic N) is 4. The zero-order valence-electron chi connectivity index (χ0n) is 34.6. The molecule has 1 aliphatic carbocycles. The molecule has 2 N–H and O–H groups in total. The summed E-state index contributed by atoms with van der Waals surface area (Å²) in [6.07, 6.45) is -3.98. The number of ether oxygens (including phenoxy) is 4. The molecule has 4 fully saturated rings. The molecule has 3 aromatic heterocycles. The number of aryl methyl sites for hydroxylation is 1. The number of esters is 1. The molecule has 0 spiro atoms. The number of aromatic nitrogens is 3. The number of rotatable bonds is 8. The molecule has 3 saturated heterocycles. The molecule has 4 aliphatic heterocycles. The average Bonchev–Trinajstić information content (AvgIpc) is 4.02. The maximum absolute atomic E-state index is 14.6. The number of alkyl halides is 3. The van der Waals surface area contributed by atoms with Gasteiger partial charge in [-0.05, 0) is 82.7 Å². The Labute approximate surface area is 350 Å². The lowest BCUT2D eigenvalue weighted by atomic mass is 9.84. The number of hydrogen-bond acceptors (Lipinski definition) is 11. The van der Waals surface area contributed by atoms with Crippen molar-refractivity contribution in [3.63, 3.8) is 0 Å². The predicted molar refractivity (Wildman–Crippen MR) is 216 cm³/mol. The molecule has 6 atom stereocenters. The number of cyclic esters (lactones) is 1. The first-order valence-electron chi connectivity index (χ1n) is 20.6. The first-order chi connectivity index (χ1) is 28.5. The number of amides is 2. The van der Waals surface area contributed by atoms with Crippen LogP contribution in [0, 0.1) is 5.41 Å². The Morgan fingerprint density at radius 3 is 2.67 bits per heavy atom. The van der Waals surface area contributed by atoms with Crippen LogP contribution in [0.15, 0.2) is 41.9 Å². The van der Waals surface area contributed by atoms with Crippen molar-refractivity contribution in [1.82, 2.24) is 30.3 Å². The van der Waals surface area contributed by atoms with E-state index in [1.165, 1.54) is 16.3 Å². The predicted octanol–water partition coefficient (Wildman–Crippen LogP) is 6.99. The molecule has 0 radical (unpaired) electrons. The van der Waals surface area contributed by atoms with Gasteiger partial charge in [-0.1, -0.05) is 19.9 Å². The Balaban J connectivity index is 1.25. The van der Waals surface area contributed by atoms with Crippen molar-refractivity contribution in [1.29, 1.82) is 0 Å². The first-order valence-corrected chi connectivity index (χ1v) is 21.4. The monoisotopic (exact) mass is 852 g/mol. The third-order valence-corrected chi connectivity index (χ3v) is 13.3. The van der Waals surface area contributed by atoms with Gasteiger partial charge in [0.2, 0.25) is 0 Å². The van der Waals surface area contributed by atoms with Gasteiger partial charge in [-0.25, -0.2) is 10.4 Å². The van der Waals surface area contributed by atoms with E-state index in [2.05, 4.69) is 54.3 Å². The number of benzene rings is 1. The van der Waals surface area contributed by atoms with Gasteiger partial charge in [-0.15, -0.1) is 11.3 Å². The van der Waals surface area contributed by atoms with Crippen LogP contribution < -0.4 is 10.7 Å². The third-order valence-electron chi connectivity index (χ3n) is 12.4. The molecule has 2 unspecified atom stereocenters. The molecule has 4 aromatic rings. The van der Waals surface area contributed by atoms with Crippen LogP contribution in [0.1, 0.15) is 95.2 Å². The van der Waals surface area contributed by atoms with Crippen LogP contribution in [-0.2, 0) is 46.3 Å². The summed E-state index contributed by atoms with van der Waals surface area (Å²) in [6, 6.07) is 7.81. The maximum atomic E-state index is 14.6. The summed E-state index contributed by atoms with van der Waals surface area (Å²) in [4.78, 5) is 52.2. The van der Waals surface area contributed by atoms with Crippen LogP contribution in [0.3, 0.4) is 0 Å². The van der Waals surface area contributed by atoms with Gasteiger partial charge in [-0.2, -0.15) is 13.2 Å². The fourth-order valence-corrected chi connectivity index (χ4v) is 10.2. The van der Waals surface area contributed by atoms with E-state index < -0.39 is 65.2 Å². The van der Waals surface area contributed by atoms with E-state index in [1.807, 2.05) is 24.4 Å². The molecule has 8 bridgehead atoms. The number of halogens is 3. The quantitative estimate of drug-likeness (QED) is 0.178. The van der Waals surface area contributed by atoms with Crippen LogP contribution >= 0.6 is 11.3 Å². The first kappa shape index (κ1) is 42.3. The molecular formula is C43H51F3N6O7S. The van der Waals surface area contributed by atoms with E-state index >= 15 is 0 Å². The van der Waals surface area contributed by atoms with Crippen LogP contribution in [0.2, 0.25) is 0 Å². The average molecular weight is 853 g/mol. The highest BCUT2D eigenvalue weighted by molar-refractivity contribution is 7.10. The second-order valence-electron chi connectivity index (χ2n) is 17.0. The highest BCUT2D eigenvalue weighted by Crippen LogP contribution is 2.62. The second-order valence-corrected chi connectivity index (χ2v) is 17.9. The van der Waals surface area contributed by atoms with E-state index in [0.29, 0.717) is 36.5 Å². The highest BCUT2D eigenvalue weighted by atomic mass is 32.1. The minimum absolute atomic E-state index is 0.0757. The van der Waals surface area contributed by atoms with Crippen molar-refractivity contribution in [2.24, 2.45) is 5.41 Å². The Kier molecular flexibility index (Phi) is 11.1. The fraction of sp³-hybridized carbons (Fsp3) is 0.558. The van der Waals surface area contributed by atoms with Gasteiger partial charge in [0.05, 0.1) is 29.8 Å². The van der Waals surface area contributed by atoms with Gasteiger partial charge >= 0.3 is 12.1 Å². The summed E-state index contributed by atoms with van der Waals surface area (Å²) in [5.41, 5.74) is 4.54. The minimum atomic E-state index is -4.64. The fourth-order valence-electron chi connectivity index (χ4n) is 9.26. The molecule has 13 nitrogen and oxygen atoms in total. The second kappa shape index (κ2) is 15.8. The van der Waals surface area contributed by atoms with Crippen molar-refractivity contribution in [2.75, 3.05) is 26.9 Å². The largest absolute Gasteiger partial charge is 0.464 e. The van der Waals surface area contributed by atoms with Gasteiger partial charge in [0.1, 0.15) is 23.2 Å². The number of carbonyl (C=O) groups is 3. The van der Waals surface area contributed by atoms with E-state index in [4.69, 9.17) is 28.9 Å². The van der Waals surface area contributed by atoms with E-state index in [9.17, 15) is 27.6 Å². The summed E-state index contributed by atoms with van der Waals surface area (Å²) in [6.45, 7) is 11.0. The number of fused-ring (bicyclic) bond motifs is 7. The summed E-state index contributed by atoms with van der Waals surface area (Å²) >= 11 is 1.25. The van der Waals surface area contributed by atoms with Gasteiger partial charge in [0.15, 0.2) is 11.2 Å². The molecule has 322 valence electrons. The molecule has 7 heterocycles. The van der Waals surface area contributed by atoms with Gasteiger partial charge in [0.25, 0.3) is 11.8 Å². The number of pyridine rings is 1. The summed E-state index contributed by atoms with van der Waals surface area (Å²) in [5.74, 6) is -2.00. The van der Waals surface area contributed by atoms with Crippen LogP contribution in [-0.4, -0.2) is 93.7 Å². The standard InChI is InChI=1S/C43H51F3N6O7S/c1-7-51-31-14-13-25-19-27(31)28(34(51)26-11-9-17-47-32(26)24(3)56-6)20-40(4,5)23-58-38(54)29-12-10-18-52(50-29)37(53)33(35(57-8-2)36-48-30(25)21-60-36)49-39(55)41-15-16-42(22-41,59-41)43(44,45)46/h9,11,13-14,17,19,21,24,29,33,35,50H,7-8,10,12,15-16,18,20,22-23H2,1-6H3,(H,49,55)/t24-,29-,33-,35-,41?,42?/m0/s1. The maximum Gasteiger partial charge on any atom is 0.417 e. The van der Waals surface area contributed by atoms with Crippen molar-refractivity contribution < 1.29 is 46.5 Å².